The number of carbonyl (C=O) groups is 1. The molecule has 2 rings (SSSR count). The van der Waals surface area contributed by atoms with E-state index in [1.165, 1.54) is 0 Å². The summed E-state index contributed by atoms with van der Waals surface area (Å²) in [6, 6.07) is -0.102. The standard InChI is InChI=1S/C12H22N2O3/c1-10(11(15)13(2)3)14-6-4-5-12(9-14)16-7-8-17-12/h10H,4-9H2,1-3H3. The Morgan fingerprint density at radius 2 is 2.00 bits per heavy atom. The first kappa shape index (κ1) is 12.8. The van der Waals surface area contributed by atoms with Crippen LogP contribution < -0.4 is 0 Å². The Hall–Kier alpha value is -0.650. The first-order valence-corrected chi connectivity index (χ1v) is 6.27. The molecule has 1 unspecified atom stereocenters. The van der Waals surface area contributed by atoms with Crippen LogP contribution in [0.5, 0.6) is 0 Å². The van der Waals surface area contributed by atoms with Crippen molar-refractivity contribution < 1.29 is 14.3 Å². The van der Waals surface area contributed by atoms with Gasteiger partial charge in [-0.1, -0.05) is 0 Å². The molecule has 2 heterocycles. The molecule has 2 fully saturated rings. The molecule has 0 saturated carbocycles. The number of rotatable bonds is 2. The van der Waals surface area contributed by atoms with Gasteiger partial charge in [-0.2, -0.15) is 0 Å². The lowest BCUT2D eigenvalue weighted by molar-refractivity contribution is -0.194. The van der Waals surface area contributed by atoms with Gasteiger partial charge in [-0.3, -0.25) is 9.69 Å². The third-order valence-electron chi connectivity index (χ3n) is 3.61. The van der Waals surface area contributed by atoms with E-state index in [1.54, 1.807) is 19.0 Å². The fraction of sp³-hybridized carbons (Fsp3) is 0.917. The number of ether oxygens (including phenoxy) is 2. The van der Waals surface area contributed by atoms with Gasteiger partial charge >= 0.3 is 0 Å². The fourth-order valence-corrected chi connectivity index (χ4v) is 2.61. The van der Waals surface area contributed by atoms with Crippen molar-refractivity contribution >= 4 is 5.91 Å². The summed E-state index contributed by atoms with van der Waals surface area (Å²) in [5.74, 6) is -0.306. The molecule has 2 aliphatic rings. The summed E-state index contributed by atoms with van der Waals surface area (Å²) in [5, 5.41) is 0. The van der Waals surface area contributed by atoms with Crippen molar-refractivity contribution in [2.45, 2.75) is 31.6 Å². The zero-order valence-corrected chi connectivity index (χ0v) is 10.9. The zero-order valence-electron chi connectivity index (χ0n) is 10.9. The molecule has 1 amide bonds. The number of piperidine rings is 1. The molecule has 98 valence electrons. The molecular formula is C12H22N2O3. The van der Waals surface area contributed by atoms with Crippen LogP contribution in [-0.2, 0) is 14.3 Å². The molecule has 0 radical (unpaired) electrons. The van der Waals surface area contributed by atoms with Crippen molar-refractivity contribution in [1.82, 2.24) is 9.80 Å². The molecule has 0 bridgehead atoms. The molecule has 0 aromatic carbocycles. The maximum absolute atomic E-state index is 11.9. The summed E-state index contributed by atoms with van der Waals surface area (Å²) >= 11 is 0. The van der Waals surface area contributed by atoms with E-state index in [2.05, 4.69) is 4.90 Å². The third kappa shape index (κ3) is 2.61. The monoisotopic (exact) mass is 242 g/mol. The summed E-state index contributed by atoms with van der Waals surface area (Å²) in [7, 11) is 3.59. The first-order valence-electron chi connectivity index (χ1n) is 6.27. The Kier molecular flexibility index (Phi) is 3.70. The molecular weight excluding hydrogens is 220 g/mol. The van der Waals surface area contributed by atoms with Gasteiger partial charge in [0, 0.05) is 20.5 Å². The van der Waals surface area contributed by atoms with Gasteiger partial charge in [0.1, 0.15) is 0 Å². The highest BCUT2D eigenvalue weighted by Crippen LogP contribution is 2.30. The number of likely N-dealkylation sites (N-methyl/N-ethyl adjacent to an activating group) is 1. The van der Waals surface area contributed by atoms with Crippen LogP contribution in [0, 0.1) is 0 Å². The highest BCUT2D eigenvalue weighted by Gasteiger charge is 2.42. The van der Waals surface area contributed by atoms with E-state index >= 15 is 0 Å². The van der Waals surface area contributed by atoms with Gasteiger partial charge in [-0.05, 0) is 19.9 Å². The van der Waals surface area contributed by atoms with E-state index in [0.29, 0.717) is 19.8 Å². The molecule has 0 aromatic rings. The normalized spacial score (nSPS) is 26.1. The number of amides is 1. The predicted molar refractivity (Wildman–Crippen MR) is 63.6 cm³/mol. The smallest absolute Gasteiger partial charge is 0.239 e. The average Bonchev–Trinajstić information content (AvgIpc) is 2.75. The summed E-state index contributed by atoms with van der Waals surface area (Å²) in [6.45, 7) is 4.94. The van der Waals surface area contributed by atoms with Crippen LogP contribution in [0.25, 0.3) is 0 Å². The quantitative estimate of drug-likeness (QED) is 0.698. The summed E-state index contributed by atoms with van der Waals surface area (Å²) in [4.78, 5) is 15.8. The summed E-state index contributed by atoms with van der Waals surface area (Å²) in [6.07, 6.45) is 1.96. The lowest BCUT2D eigenvalue weighted by Crippen LogP contribution is -2.55. The van der Waals surface area contributed by atoms with Gasteiger partial charge in [0.05, 0.1) is 25.8 Å². The van der Waals surface area contributed by atoms with Crippen LogP contribution in [0.2, 0.25) is 0 Å². The van der Waals surface area contributed by atoms with Crippen LogP contribution in [0.3, 0.4) is 0 Å². The predicted octanol–water partition coefficient (Wildman–Crippen LogP) is 0.302. The zero-order chi connectivity index (χ0) is 12.5. The van der Waals surface area contributed by atoms with Crippen molar-refractivity contribution in [1.29, 1.82) is 0 Å². The Morgan fingerprint density at radius 1 is 1.35 bits per heavy atom. The van der Waals surface area contributed by atoms with Gasteiger partial charge in [-0.25, -0.2) is 0 Å². The largest absolute Gasteiger partial charge is 0.347 e. The molecule has 0 aliphatic carbocycles. The van der Waals surface area contributed by atoms with Crippen molar-refractivity contribution in [3.8, 4) is 0 Å². The molecule has 5 heteroatoms. The number of hydrogen-bond donors (Lipinski definition) is 0. The fourth-order valence-electron chi connectivity index (χ4n) is 2.61. The van der Waals surface area contributed by atoms with Crippen LogP contribution in [0.15, 0.2) is 0 Å². The Balaban J connectivity index is 1.99. The molecule has 1 spiro atoms. The number of carbonyl (C=O) groups excluding carboxylic acids is 1. The van der Waals surface area contributed by atoms with E-state index < -0.39 is 5.79 Å². The van der Waals surface area contributed by atoms with E-state index in [9.17, 15) is 4.79 Å². The summed E-state index contributed by atoms with van der Waals surface area (Å²) in [5.41, 5.74) is 0. The van der Waals surface area contributed by atoms with Crippen LogP contribution in [0.4, 0.5) is 0 Å². The number of nitrogens with zero attached hydrogens (tertiary/aromatic N) is 2. The Bertz CT molecular complexity index is 287. The third-order valence-corrected chi connectivity index (χ3v) is 3.61. The number of likely N-dealkylation sites (tertiary alicyclic amines) is 1. The van der Waals surface area contributed by atoms with E-state index in [4.69, 9.17) is 9.47 Å². The summed E-state index contributed by atoms with van der Waals surface area (Å²) < 4.78 is 11.4. The molecule has 0 aromatic heterocycles. The minimum Gasteiger partial charge on any atom is -0.347 e. The lowest BCUT2D eigenvalue weighted by Gasteiger charge is -2.41. The second kappa shape index (κ2) is 4.92. The highest BCUT2D eigenvalue weighted by atomic mass is 16.7. The SMILES string of the molecule is CC(C(=O)N(C)C)N1CCCC2(C1)OCCO2. The first-order chi connectivity index (χ1) is 8.04. The van der Waals surface area contributed by atoms with Crippen molar-refractivity contribution in [2.75, 3.05) is 40.4 Å². The maximum Gasteiger partial charge on any atom is 0.239 e. The molecule has 0 N–H and O–H groups in total. The Morgan fingerprint density at radius 3 is 2.59 bits per heavy atom. The molecule has 17 heavy (non-hydrogen) atoms. The minimum atomic E-state index is -0.445. The van der Waals surface area contributed by atoms with E-state index in [0.717, 1.165) is 19.4 Å². The number of hydrogen-bond acceptors (Lipinski definition) is 4. The van der Waals surface area contributed by atoms with E-state index in [1.807, 2.05) is 6.92 Å². The second-order valence-corrected chi connectivity index (χ2v) is 5.09. The van der Waals surface area contributed by atoms with Gasteiger partial charge < -0.3 is 14.4 Å². The van der Waals surface area contributed by atoms with Gasteiger partial charge in [0.15, 0.2) is 5.79 Å². The molecule has 2 aliphatic heterocycles. The van der Waals surface area contributed by atoms with Crippen LogP contribution in [0.1, 0.15) is 19.8 Å². The topological polar surface area (TPSA) is 42.0 Å². The highest BCUT2D eigenvalue weighted by molar-refractivity contribution is 5.80. The van der Waals surface area contributed by atoms with Crippen molar-refractivity contribution in [3.05, 3.63) is 0 Å². The van der Waals surface area contributed by atoms with E-state index in [-0.39, 0.29) is 11.9 Å². The van der Waals surface area contributed by atoms with Crippen LogP contribution >= 0.6 is 0 Å². The van der Waals surface area contributed by atoms with Gasteiger partial charge in [-0.15, -0.1) is 0 Å². The lowest BCUT2D eigenvalue weighted by atomic mass is 10.0. The molecule has 1 atom stereocenters. The van der Waals surface area contributed by atoms with Crippen molar-refractivity contribution in [2.24, 2.45) is 0 Å². The van der Waals surface area contributed by atoms with Gasteiger partial charge in [0.25, 0.3) is 0 Å². The Labute approximate surface area is 103 Å². The van der Waals surface area contributed by atoms with Crippen LogP contribution in [-0.4, -0.2) is 67.9 Å². The van der Waals surface area contributed by atoms with Crippen molar-refractivity contribution in [3.63, 3.8) is 0 Å². The second-order valence-electron chi connectivity index (χ2n) is 5.09. The molecule has 5 nitrogen and oxygen atoms in total. The molecule has 2 saturated heterocycles. The maximum atomic E-state index is 11.9. The average molecular weight is 242 g/mol. The minimum absolute atomic E-state index is 0.102. The van der Waals surface area contributed by atoms with Gasteiger partial charge in [0.2, 0.25) is 5.91 Å².